The van der Waals surface area contributed by atoms with E-state index in [2.05, 4.69) is 52.5 Å². The molecule has 0 radical (unpaired) electrons. The average molecular weight is 354 g/mol. The molecule has 1 amide bonds. The van der Waals surface area contributed by atoms with Gasteiger partial charge in [0, 0.05) is 6.42 Å². The number of primary amides is 1. The quantitative estimate of drug-likeness (QED) is 0.776. The minimum Gasteiger partial charge on any atom is -0.447 e. The van der Waals surface area contributed by atoms with E-state index in [4.69, 9.17) is 5.73 Å². The normalized spacial score (nSPS) is 14.2. The second-order valence-corrected chi connectivity index (χ2v) is 9.32. The monoisotopic (exact) mass is 351 g/mol. The maximum atomic E-state index is 10.2. The van der Waals surface area contributed by atoms with Gasteiger partial charge in [-0.15, -0.1) is 0 Å². The molecule has 66 valence electrons. The minimum absolute atomic E-state index is 0.231. The van der Waals surface area contributed by atoms with E-state index in [-0.39, 0.29) is 8.25 Å². The summed E-state index contributed by atoms with van der Waals surface area (Å²) in [6.07, 6.45) is -0.407. The predicted molar refractivity (Wildman–Crippen MR) is 54.3 cm³/mol. The van der Waals surface area contributed by atoms with Crippen molar-refractivity contribution in [1.29, 1.82) is 0 Å². The first-order valence-corrected chi connectivity index (χ1v) is 5.22. The molecule has 3 nitrogen and oxygen atoms in total. The van der Waals surface area contributed by atoms with Crippen LogP contribution in [-0.4, -0.2) is 14.3 Å². The van der Waals surface area contributed by atoms with Crippen molar-refractivity contribution < 1.29 is 9.53 Å². The van der Waals surface area contributed by atoms with Gasteiger partial charge >= 0.3 is 6.09 Å². The van der Waals surface area contributed by atoms with Crippen molar-refractivity contribution in [3.8, 4) is 0 Å². The van der Waals surface area contributed by atoms with Crippen LogP contribution < -0.4 is 5.73 Å². The molecule has 0 aromatic rings. The summed E-state index contributed by atoms with van der Waals surface area (Å²) in [7, 11) is 0. The van der Waals surface area contributed by atoms with Crippen molar-refractivity contribution in [3.05, 3.63) is 0 Å². The van der Waals surface area contributed by atoms with Crippen molar-refractivity contribution in [2.45, 2.75) is 21.6 Å². The highest BCUT2D eigenvalue weighted by molar-refractivity contribution is 9.39. The van der Waals surface area contributed by atoms with Gasteiger partial charge in [-0.3, -0.25) is 0 Å². The van der Waals surface area contributed by atoms with Gasteiger partial charge in [0.15, 0.2) is 0 Å². The summed E-state index contributed by atoms with van der Waals surface area (Å²) in [5, 5.41) is 0. The molecule has 0 aliphatic carbocycles. The van der Waals surface area contributed by atoms with E-state index < -0.39 is 6.09 Å². The zero-order chi connectivity index (χ0) is 9.07. The Morgan fingerprint density at radius 3 is 2.36 bits per heavy atom. The molecule has 0 saturated carbocycles. The molecule has 0 aliphatic rings. The van der Waals surface area contributed by atoms with Crippen LogP contribution in [0.3, 0.4) is 0 Å². The number of alkyl halides is 3. The Morgan fingerprint density at radius 2 is 2.09 bits per heavy atom. The molecular weight excluding hydrogens is 346 g/mol. The standard InChI is InChI=1S/C5H8Br3NO2/c1-3(11-4(9)10)2-5(6,7)8/h3H,2H2,1H3,(H2,9,10). The molecule has 0 saturated heterocycles. The van der Waals surface area contributed by atoms with Crippen LogP contribution in [0.25, 0.3) is 0 Å². The summed E-state index contributed by atoms with van der Waals surface area (Å²) in [6.45, 7) is 1.75. The van der Waals surface area contributed by atoms with Gasteiger partial charge in [0.25, 0.3) is 0 Å². The Hall–Kier alpha value is 0.710. The third kappa shape index (κ3) is 8.62. The molecular formula is C5H8Br3NO2. The van der Waals surface area contributed by atoms with Gasteiger partial charge in [-0.05, 0) is 6.92 Å². The maximum Gasteiger partial charge on any atom is 0.404 e. The second-order valence-electron chi connectivity index (χ2n) is 2.07. The van der Waals surface area contributed by atoms with Gasteiger partial charge < -0.3 is 10.5 Å². The van der Waals surface area contributed by atoms with E-state index in [1.54, 1.807) is 6.92 Å². The zero-order valence-electron chi connectivity index (χ0n) is 5.81. The first kappa shape index (κ1) is 11.7. The van der Waals surface area contributed by atoms with Crippen LogP contribution in [-0.2, 0) is 4.74 Å². The molecule has 0 aromatic heterocycles. The third-order valence-electron chi connectivity index (χ3n) is 0.836. The lowest BCUT2D eigenvalue weighted by molar-refractivity contribution is 0.113. The van der Waals surface area contributed by atoms with Crippen LogP contribution in [0.4, 0.5) is 4.79 Å². The van der Waals surface area contributed by atoms with Gasteiger partial charge in [0.1, 0.15) is 8.25 Å². The van der Waals surface area contributed by atoms with Crippen molar-refractivity contribution in [1.82, 2.24) is 0 Å². The fraction of sp³-hybridized carbons (Fsp3) is 0.800. The Kier molecular flexibility index (Phi) is 4.97. The predicted octanol–water partition coefficient (Wildman–Crippen LogP) is 2.70. The van der Waals surface area contributed by atoms with Gasteiger partial charge in [0.05, 0.1) is 0 Å². The van der Waals surface area contributed by atoms with E-state index in [1.807, 2.05) is 0 Å². The molecule has 0 fully saturated rings. The number of ether oxygens (including phenoxy) is 1. The Bertz CT molecular complexity index is 145. The molecule has 1 unspecified atom stereocenters. The highest BCUT2D eigenvalue weighted by atomic mass is 80.0. The molecule has 2 N–H and O–H groups in total. The molecule has 0 aromatic carbocycles. The lowest BCUT2D eigenvalue weighted by atomic mass is 10.3. The Balaban J connectivity index is 3.69. The van der Waals surface area contributed by atoms with Crippen LogP contribution >= 0.6 is 47.8 Å². The number of amides is 1. The number of carbonyl (C=O) groups excluding carboxylic acids is 1. The van der Waals surface area contributed by atoms with E-state index >= 15 is 0 Å². The summed E-state index contributed by atoms with van der Waals surface area (Å²) in [6, 6.07) is 0. The molecule has 0 rings (SSSR count). The number of carbonyl (C=O) groups is 1. The van der Waals surface area contributed by atoms with Gasteiger partial charge in [-0.1, -0.05) is 47.8 Å². The zero-order valence-corrected chi connectivity index (χ0v) is 10.6. The van der Waals surface area contributed by atoms with Crippen LogP contribution in [0.5, 0.6) is 0 Å². The second kappa shape index (κ2) is 4.67. The van der Waals surface area contributed by atoms with E-state index in [9.17, 15) is 4.79 Å². The SMILES string of the molecule is CC(CC(Br)(Br)Br)OC(N)=O. The number of hydrogen-bond donors (Lipinski definition) is 1. The van der Waals surface area contributed by atoms with Crippen molar-refractivity contribution >= 4 is 53.9 Å². The van der Waals surface area contributed by atoms with Crippen LogP contribution in [0.15, 0.2) is 0 Å². The fourth-order valence-corrected chi connectivity index (χ4v) is 1.93. The van der Waals surface area contributed by atoms with Crippen LogP contribution in [0, 0.1) is 0 Å². The molecule has 0 aliphatic heterocycles. The first-order chi connectivity index (χ1) is 4.81. The summed E-state index contributed by atoms with van der Waals surface area (Å²) in [5.74, 6) is 0. The lowest BCUT2D eigenvalue weighted by Crippen LogP contribution is -2.23. The first-order valence-electron chi connectivity index (χ1n) is 2.84. The molecule has 0 heterocycles. The lowest BCUT2D eigenvalue weighted by Gasteiger charge is -2.17. The van der Waals surface area contributed by atoms with Crippen molar-refractivity contribution in [3.63, 3.8) is 0 Å². The number of hydrogen-bond acceptors (Lipinski definition) is 2. The fourth-order valence-electron chi connectivity index (χ4n) is 0.566. The largest absolute Gasteiger partial charge is 0.447 e. The smallest absolute Gasteiger partial charge is 0.404 e. The number of nitrogens with two attached hydrogens (primary N) is 1. The van der Waals surface area contributed by atoms with Crippen LogP contribution in [0.2, 0.25) is 0 Å². The molecule has 6 heteroatoms. The van der Waals surface area contributed by atoms with E-state index in [1.165, 1.54) is 0 Å². The Labute approximate surface area is 90.4 Å². The summed E-state index contributed by atoms with van der Waals surface area (Å²) in [4.78, 5) is 10.2. The highest BCUT2D eigenvalue weighted by Crippen LogP contribution is 2.38. The third-order valence-corrected chi connectivity index (χ3v) is 1.81. The van der Waals surface area contributed by atoms with E-state index in [0.29, 0.717) is 6.42 Å². The van der Waals surface area contributed by atoms with Crippen LogP contribution in [0.1, 0.15) is 13.3 Å². The summed E-state index contributed by atoms with van der Waals surface area (Å²) < 4.78 is 4.29. The topological polar surface area (TPSA) is 52.3 Å². The van der Waals surface area contributed by atoms with Gasteiger partial charge in [0.2, 0.25) is 0 Å². The average Bonchev–Trinajstić information content (AvgIpc) is 1.53. The molecule has 0 spiro atoms. The number of halogens is 3. The molecule has 0 bridgehead atoms. The minimum atomic E-state index is -0.755. The van der Waals surface area contributed by atoms with E-state index in [0.717, 1.165) is 0 Å². The van der Waals surface area contributed by atoms with Crippen molar-refractivity contribution in [2.24, 2.45) is 5.73 Å². The van der Waals surface area contributed by atoms with Crippen molar-refractivity contribution in [2.75, 3.05) is 0 Å². The highest BCUT2D eigenvalue weighted by Gasteiger charge is 2.22. The van der Waals surface area contributed by atoms with Gasteiger partial charge in [-0.25, -0.2) is 4.79 Å². The number of rotatable bonds is 2. The van der Waals surface area contributed by atoms with Gasteiger partial charge in [-0.2, -0.15) is 0 Å². The summed E-state index contributed by atoms with van der Waals surface area (Å²) >= 11 is 9.81. The molecule has 1 atom stereocenters. The molecule has 11 heavy (non-hydrogen) atoms. The maximum absolute atomic E-state index is 10.2. The Morgan fingerprint density at radius 1 is 1.64 bits per heavy atom. The summed E-state index contributed by atoms with van der Waals surface area (Å²) in [5.41, 5.74) is 4.81.